The van der Waals surface area contributed by atoms with E-state index in [0.29, 0.717) is 0 Å². The van der Waals surface area contributed by atoms with Gasteiger partial charge in [0, 0.05) is 0 Å². The molecule has 0 aliphatic rings. The first-order chi connectivity index (χ1) is 14.3. The summed E-state index contributed by atoms with van der Waals surface area (Å²) in [6, 6.07) is 22.1. The molecular weight excluding hydrogens is 386 g/mol. The van der Waals surface area contributed by atoms with Crippen LogP contribution in [0.15, 0.2) is 66.2 Å². The number of aromatic nitrogens is 3. The Hall–Kier alpha value is -2.98. The van der Waals surface area contributed by atoms with Crippen LogP contribution in [-0.4, -0.2) is 9.55 Å². The lowest BCUT2D eigenvalue weighted by Gasteiger charge is -2.18. The van der Waals surface area contributed by atoms with E-state index in [2.05, 4.69) is 110 Å². The largest absolute Gasteiger partial charge is 0.295 e. The van der Waals surface area contributed by atoms with Crippen LogP contribution in [0, 0.1) is 6.92 Å². The van der Waals surface area contributed by atoms with Gasteiger partial charge in [0.15, 0.2) is 11.0 Å². The van der Waals surface area contributed by atoms with Crippen LogP contribution in [0.3, 0.4) is 0 Å². The molecule has 0 bridgehead atoms. The maximum absolute atomic E-state index is 4.50. The second-order valence-electron chi connectivity index (χ2n) is 8.99. The fourth-order valence-corrected chi connectivity index (χ4v) is 4.94. The third kappa shape index (κ3) is 2.94. The summed E-state index contributed by atoms with van der Waals surface area (Å²) in [6.07, 6.45) is 0. The molecule has 0 aliphatic carbocycles. The predicted molar refractivity (Wildman–Crippen MR) is 127 cm³/mol. The fourth-order valence-electron chi connectivity index (χ4n) is 4.24. The monoisotopic (exact) mass is 412 g/mol. The van der Waals surface area contributed by atoms with Crippen LogP contribution in [0.25, 0.3) is 38.3 Å². The average Bonchev–Trinajstić information content (AvgIpc) is 3.29. The van der Waals surface area contributed by atoms with Crippen LogP contribution in [0.4, 0.5) is 0 Å². The van der Waals surface area contributed by atoms with Crippen LogP contribution < -0.4 is 4.57 Å². The number of benzene rings is 3. The number of hydrogen-bond acceptors (Lipinski definition) is 2. The molecule has 0 fully saturated rings. The Bertz CT molecular complexity index is 1380. The van der Waals surface area contributed by atoms with Gasteiger partial charge >= 0.3 is 0 Å². The van der Waals surface area contributed by atoms with E-state index in [1.54, 1.807) is 11.3 Å². The molecule has 3 nitrogen and oxygen atoms in total. The Morgan fingerprint density at radius 2 is 1.70 bits per heavy atom. The summed E-state index contributed by atoms with van der Waals surface area (Å²) < 4.78 is 5.91. The summed E-state index contributed by atoms with van der Waals surface area (Å²) >= 11 is 1.69. The fraction of sp³-hybridized carbons (Fsp3) is 0.231. The first-order valence-electron chi connectivity index (χ1n) is 10.3. The van der Waals surface area contributed by atoms with Crippen LogP contribution >= 0.6 is 11.3 Å². The van der Waals surface area contributed by atoms with E-state index >= 15 is 0 Å². The van der Waals surface area contributed by atoms with Crippen molar-refractivity contribution in [3.8, 4) is 17.1 Å². The predicted octanol–water partition coefficient (Wildman–Crippen LogP) is 6.34. The van der Waals surface area contributed by atoms with Crippen molar-refractivity contribution in [3.05, 3.63) is 77.3 Å². The Morgan fingerprint density at radius 1 is 0.967 bits per heavy atom. The van der Waals surface area contributed by atoms with Crippen molar-refractivity contribution in [2.75, 3.05) is 0 Å². The third-order valence-corrected chi connectivity index (χ3v) is 6.72. The van der Waals surface area contributed by atoms with Crippen LogP contribution in [-0.2, 0) is 12.5 Å². The normalized spacial score (nSPS) is 12.2. The lowest BCUT2D eigenvalue weighted by molar-refractivity contribution is -0.633. The van der Waals surface area contributed by atoms with Crippen molar-refractivity contribution in [2.24, 2.45) is 7.05 Å². The molecule has 3 aromatic carbocycles. The van der Waals surface area contributed by atoms with E-state index in [4.69, 9.17) is 0 Å². The maximum atomic E-state index is 4.50. The first kappa shape index (κ1) is 19.0. The van der Waals surface area contributed by atoms with Gasteiger partial charge in [-0.3, -0.25) is 0 Å². The SMILES string of the molecule is Cc1cc2ncsc2cc1-c1n(-c2ccc(C(C)(C)C)cc2)c2ccccc2[n+]1C. The highest BCUT2D eigenvalue weighted by atomic mass is 32.1. The van der Waals surface area contributed by atoms with Crippen molar-refractivity contribution >= 4 is 32.6 Å². The van der Waals surface area contributed by atoms with Gasteiger partial charge in [-0.05, 0) is 59.9 Å². The van der Waals surface area contributed by atoms with Gasteiger partial charge in [0.25, 0.3) is 5.82 Å². The molecule has 0 aliphatic heterocycles. The zero-order valence-electron chi connectivity index (χ0n) is 18.1. The molecule has 0 radical (unpaired) electrons. The van der Waals surface area contributed by atoms with Gasteiger partial charge in [-0.15, -0.1) is 11.3 Å². The lowest BCUT2D eigenvalue weighted by atomic mass is 9.87. The third-order valence-electron chi connectivity index (χ3n) is 5.92. The molecule has 0 spiro atoms. The number of nitrogens with zero attached hydrogens (tertiary/aromatic N) is 3. The van der Waals surface area contributed by atoms with Crippen molar-refractivity contribution in [1.29, 1.82) is 0 Å². The minimum atomic E-state index is 0.137. The van der Waals surface area contributed by atoms with Gasteiger partial charge in [0.1, 0.15) is 5.69 Å². The van der Waals surface area contributed by atoms with Gasteiger partial charge in [0.05, 0.1) is 28.3 Å². The summed E-state index contributed by atoms with van der Waals surface area (Å²) in [5, 5.41) is 0. The topological polar surface area (TPSA) is 21.7 Å². The minimum Gasteiger partial charge on any atom is -0.245 e. The van der Waals surface area contributed by atoms with E-state index in [9.17, 15) is 0 Å². The van der Waals surface area contributed by atoms with Gasteiger partial charge in [0.2, 0.25) is 0 Å². The van der Waals surface area contributed by atoms with Crippen LogP contribution in [0.1, 0.15) is 31.9 Å². The standard InChI is InChI=1S/C26H26N3S/c1-17-14-21-24(30-16-27-21)15-20(17)25-28(5)22-8-6-7-9-23(22)29(25)19-12-10-18(11-13-19)26(2,3)4/h6-16H,1-5H3/q+1. The molecule has 30 heavy (non-hydrogen) atoms. The molecule has 150 valence electrons. The maximum Gasteiger partial charge on any atom is 0.295 e. The Morgan fingerprint density at radius 3 is 2.43 bits per heavy atom. The van der Waals surface area contributed by atoms with Gasteiger partial charge in [-0.2, -0.15) is 4.57 Å². The van der Waals surface area contributed by atoms with Crippen molar-refractivity contribution in [2.45, 2.75) is 33.1 Å². The molecule has 4 heteroatoms. The van der Waals surface area contributed by atoms with Crippen molar-refractivity contribution < 1.29 is 4.57 Å². The zero-order valence-corrected chi connectivity index (χ0v) is 18.9. The number of thiazole rings is 1. The number of para-hydroxylation sites is 2. The smallest absolute Gasteiger partial charge is 0.245 e. The molecule has 2 heterocycles. The molecule has 0 N–H and O–H groups in total. The zero-order chi connectivity index (χ0) is 21.0. The Balaban J connectivity index is 1.82. The van der Waals surface area contributed by atoms with Crippen LogP contribution in [0.2, 0.25) is 0 Å². The number of hydrogen-bond donors (Lipinski definition) is 0. The molecule has 5 aromatic rings. The summed E-state index contributed by atoms with van der Waals surface area (Å²) in [6.45, 7) is 8.95. The second-order valence-corrected chi connectivity index (χ2v) is 9.88. The number of rotatable bonds is 2. The average molecular weight is 413 g/mol. The first-order valence-corrected chi connectivity index (χ1v) is 11.2. The highest BCUT2D eigenvalue weighted by Gasteiger charge is 2.27. The van der Waals surface area contributed by atoms with E-state index in [-0.39, 0.29) is 5.41 Å². The molecule has 5 rings (SSSR count). The summed E-state index contributed by atoms with van der Waals surface area (Å²) in [4.78, 5) is 4.50. The lowest BCUT2D eigenvalue weighted by Crippen LogP contribution is -2.30. The quantitative estimate of drug-likeness (QED) is 0.310. The number of fused-ring (bicyclic) bond motifs is 2. The number of imidazole rings is 1. The summed E-state index contributed by atoms with van der Waals surface area (Å²) in [5.41, 5.74) is 10.6. The van der Waals surface area contributed by atoms with E-state index in [1.165, 1.54) is 43.9 Å². The molecule has 0 atom stereocenters. The molecule has 0 amide bonds. The molecular formula is C26H26N3S+. The molecule has 2 aromatic heterocycles. The highest BCUT2D eigenvalue weighted by Crippen LogP contribution is 2.33. The van der Waals surface area contributed by atoms with Crippen molar-refractivity contribution in [3.63, 3.8) is 0 Å². The molecule has 0 saturated heterocycles. The van der Waals surface area contributed by atoms with Crippen molar-refractivity contribution in [1.82, 2.24) is 9.55 Å². The Kier molecular flexibility index (Phi) is 4.30. The number of aryl methyl sites for hydroxylation is 2. The summed E-state index contributed by atoms with van der Waals surface area (Å²) in [5.74, 6) is 1.19. The molecule has 0 unspecified atom stereocenters. The second kappa shape index (κ2) is 6.78. The van der Waals surface area contributed by atoms with E-state index < -0.39 is 0 Å². The molecule has 0 saturated carbocycles. The van der Waals surface area contributed by atoms with Gasteiger partial charge in [-0.1, -0.05) is 45.0 Å². The van der Waals surface area contributed by atoms with Crippen LogP contribution in [0.5, 0.6) is 0 Å². The van der Waals surface area contributed by atoms with E-state index in [1.807, 2.05) is 5.51 Å². The van der Waals surface area contributed by atoms with E-state index in [0.717, 1.165) is 5.52 Å². The summed E-state index contributed by atoms with van der Waals surface area (Å²) in [7, 11) is 2.16. The van der Waals surface area contributed by atoms with Gasteiger partial charge in [-0.25, -0.2) is 9.55 Å². The Labute approximate surface area is 181 Å². The van der Waals surface area contributed by atoms with Gasteiger partial charge < -0.3 is 0 Å². The minimum absolute atomic E-state index is 0.137. The highest BCUT2D eigenvalue weighted by molar-refractivity contribution is 7.16.